The second-order valence-corrected chi connectivity index (χ2v) is 5.99. The number of hydrogen-bond donors (Lipinski definition) is 1. The molecule has 2 aromatic rings. The van der Waals surface area contributed by atoms with Gasteiger partial charge in [-0.25, -0.2) is 4.39 Å². The normalized spacial score (nSPS) is 12.4. The third kappa shape index (κ3) is 3.53. The summed E-state index contributed by atoms with van der Waals surface area (Å²) in [6, 6.07) is 11.9. The molecule has 2 rings (SSSR count). The predicted octanol–water partition coefficient (Wildman–Crippen LogP) is 5.02. The molecule has 1 unspecified atom stereocenters. The number of nitrogens with one attached hydrogen (secondary N) is 1. The Labute approximate surface area is 134 Å². The largest absolute Gasteiger partial charge is 0.309 e. The van der Waals surface area contributed by atoms with Gasteiger partial charge in [0, 0.05) is 0 Å². The smallest absolute Gasteiger partial charge is 0.137 e. The molecule has 0 radical (unpaired) electrons. The molecule has 0 aliphatic heterocycles. The Kier molecular flexibility index (Phi) is 5.54. The van der Waals surface area contributed by atoms with E-state index in [4.69, 9.17) is 0 Å². The Morgan fingerprint density at radius 2 is 1.86 bits per heavy atom. The Hall–Kier alpha value is -1.19. The number of aryl methyl sites for hydroxylation is 2. The molecule has 0 aliphatic rings. The minimum absolute atomic E-state index is 0.0725. The SMILES string of the molecule is CCc1ccc(CC)c(C(NC)c2ccc(F)c(Br)c2)c1. The molecule has 3 heteroatoms. The Morgan fingerprint density at radius 3 is 2.43 bits per heavy atom. The Morgan fingerprint density at radius 1 is 1.10 bits per heavy atom. The third-order valence-corrected chi connectivity index (χ3v) is 4.48. The van der Waals surface area contributed by atoms with Crippen molar-refractivity contribution in [2.45, 2.75) is 32.7 Å². The number of benzene rings is 2. The van der Waals surface area contributed by atoms with E-state index in [-0.39, 0.29) is 11.9 Å². The van der Waals surface area contributed by atoms with Crippen molar-refractivity contribution in [1.82, 2.24) is 5.32 Å². The van der Waals surface area contributed by atoms with E-state index in [9.17, 15) is 4.39 Å². The molecule has 0 spiro atoms. The van der Waals surface area contributed by atoms with Crippen LogP contribution in [0.5, 0.6) is 0 Å². The zero-order valence-corrected chi connectivity index (χ0v) is 14.3. The van der Waals surface area contributed by atoms with Crippen LogP contribution in [0.15, 0.2) is 40.9 Å². The van der Waals surface area contributed by atoms with Crippen LogP contribution in [-0.4, -0.2) is 7.05 Å². The van der Waals surface area contributed by atoms with Crippen LogP contribution in [0.2, 0.25) is 0 Å². The van der Waals surface area contributed by atoms with E-state index in [1.54, 1.807) is 0 Å². The standard InChI is InChI=1S/C18H21BrFN/c1-4-12-6-7-13(5-2)15(10-12)18(21-3)14-8-9-17(20)16(19)11-14/h6-11,18,21H,4-5H2,1-3H3. The minimum atomic E-state index is -0.230. The summed E-state index contributed by atoms with van der Waals surface area (Å²) >= 11 is 3.28. The van der Waals surface area contributed by atoms with Gasteiger partial charge in [-0.2, -0.15) is 0 Å². The maximum atomic E-state index is 13.5. The fourth-order valence-electron chi connectivity index (χ4n) is 2.65. The molecule has 0 saturated heterocycles. The van der Waals surface area contributed by atoms with Crippen LogP contribution in [0.25, 0.3) is 0 Å². The van der Waals surface area contributed by atoms with Crippen molar-refractivity contribution in [3.63, 3.8) is 0 Å². The van der Waals surface area contributed by atoms with E-state index in [2.05, 4.69) is 53.3 Å². The quantitative estimate of drug-likeness (QED) is 0.798. The average Bonchev–Trinajstić information content (AvgIpc) is 2.51. The van der Waals surface area contributed by atoms with Crippen molar-refractivity contribution in [2.75, 3.05) is 7.05 Å². The van der Waals surface area contributed by atoms with E-state index < -0.39 is 0 Å². The lowest BCUT2D eigenvalue weighted by Gasteiger charge is -2.21. The fourth-order valence-corrected chi connectivity index (χ4v) is 3.05. The van der Waals surface area contributed by atoms with Crippen LogP contribution < -0.4 is 5.32 Å². The molecule has 1 N–H and O–H groups in total. The van der Waals surface area contributed by atoms with Gasteiger partial charge in [0.15, 0.2) is 0 Å². The molecule has 0 fully saturated rings. The van der Waals surface area contributed by atoms with Crippen molar-refractivity contribution in [2.24, 2.45) is 0 Å². The topological polar surface area (TPSA) is 12.0 Å². The molecule has 0 amide bonds. The maximum Gasteiger partial charge on any atom is 0.137 e. The highest BCUT2D eigenvalue weighted by Gasteiger charge is 2.16. The van der Waals surface area contributed by atoms with Crippen molar-refractivity contribution in [3.05, 3.63) is 68.9 Å². The first kappa shape index (κ1) is 16.2. The van der Waals surface area contributed by atoms with Gasteiger partial charge >= 0.3 is 0 Å². The van der Waals surface area contributed by atoms with E-state index in [0.29, 0.717) is 4.47 Å². The first-order valence-corrected chi connectivity index (χ1v) is 8.13. The van der Waals surface area contributed by atoms with Gasteiger partial charge in [0.1, 0.15) is 5.82 Å². The third-order valence-electron chi connectivity index (χ3n) is 3.88. The van der Waals surface area contributed by atoms with E-state index in [0.717, 1.165) is 18.4 Å². The average molecular weight is 350 g/mol. The summed E-state index contributed by atoms with van der Waals surface area (Å²) < 4.78 is 14.0. The summed E-state index contributed by atoms with van der Waals surface area (Å²) in [7, 11) is 1.94. The molecule has 0 aromatic heterocycles. The molecule has 0 bridgehead atoms. The van der Waals surface area contributed by atoms with Crippen LogP contribution in [0.4, 0.5) is 4.39 Å². The summed E-state index contributed by atoms with van der Waals surface area (Å²) in [5.41, 5.74) is 4.99. The van der Waals surface area contributed by atoms with Gasteiger partial charge in [-0.1, -0.05) is 38.1 Å². The van der Waals surface area contributed by atoms with E-state index in [1.807, 2.05) is 19.2 Å². The van der Waals surface area contributed by atoms with Crippen molar-refractivity contribution >= 4 is 15.9 Å². The highest BCUT2D eigenvalue weighted by atomic mass is 79.9. The van der Waals surface area contributed by atoms with Gasteiger partial charge in [-0.15, -0.1) is 0 Å². The number of halogens is 2. The van der Waals surface area contributed by atoms with Gasteiger partial charge in [-0.05, 0) is 70.2 Å². The second kappa shape index (κ2) is 7.19. The Bertz CT molecular complexity index is 625. The van der Waals surface area contributed by atoms with E-state index >= 15 is 0 Å². The van der Waals surface area contributed by atoms with Gasteiger partial charge in [0.2, 0.25) is 0 Å². The number of rotatable bonds is 5. The monoisotopic (exact) mass is 349 g/mol. The first-order chi connectivity index (χ1) is 10.1. The molecular formula is C18H21BrFN. The lowest BCUT2D eigenvalue weighted by Crippen LogP contribution is -2.19. The van der Waals surface area contributed by atoms with Crippen LogP contribution in [0, 0.1) is 5.82 Å². The lowest BCUT2D eigenvalue weighted by molar-refractivity contribution is 0.616. The molecule has 0 aliphatic carbocycles. The highest BCUT2D eigenvalue weighted by Crippen LogP contribution is 2.29. The lowest BCUT2D eigenvalue weighted by atomic mass is 9.91. The fraction of sp³-hybridized carbons (Fsp3) is 0.333. The van der Waals surface area contributed by atoms with Gasteiger partial charge in [-0.3, -0.25) is 0 Å². The van der Waals surface area contributed by atoms with Crippen LogP contribution in [-0.2, 0) is 12.8 Å². The summed E-state index contributed by atoms with van der Waals surface area (Å²) in [4.78, 5) is 0. The zero-order valence-electron chi connectivity index (χ0n) is 12.7. The highest BCUT2D eigenvalue weighted by molar-refractivity contribution is 9.10. The van der Waals surface area contributed by atoms with Crippen molar-refractivity contribution in [3.8, 4) is 0 Å². The molecule has 112 valence electrons. The number of hydrogen-bond acceptors (Lipinski definition) is 1. The van der Waals surface area contributed by atoms with Crippen molar-refractivity contribution in [1.29, 1.82) is 0 Å². The summed E-state index contributed by atoms with van der Waals surface area (Å²) in [6.07, 6.45) is 2.00. The summed E-state index contributed by atoms with van der Waals surface area (Å²) in [6.45, 7) is 4.32. The molecule has 2 aromatic carbocycles. The van der Waals surface area contributed by atoms with Gasteiger partial charge in [0.25, 0.3) is 0 Å². The predicted molar refractivity (Wildman–Crippen MR) is 90.2 cm³/mol. The molecule has 1 nitrogen and oxygen atoms in total. The van der Waals surface area contributed by atoms with Gasteiger partial charge < -0.3 is 5.32 Å². The molecule has 0 saturated carbocycles. The van der Waals surface area contributed by atoms with Crippen LogP contribution >= 0.6 is 15.9 Å². The van der Waals surface area contributed by atoms with Crippen molar-refractivity contribution < 1.29 is 4.39 Å². The minimum Gasteiger partial charge on any atom is -0.309 e. The molecule has 0 heterocycles. The Balaban J connectivity index is 2.51. The van der Waals surface area contributed by atoms with E-state index in [1.165, 1.54) is 22.8 Å². The molecule has 21 heavy (non-hydrogen) atoms. The first-order valence-electron chi connectivity index (χ1n) is 7.34. The summed E-state index contributed by atoms with van der Waals surface area (Å²) in [5.74, 6) is -0.230. The maximum absolute atomic E-state index is 13.5. The zero-order chi connectivity index (χ0) is 15.4. The van der Waals surface area contributed by atoms with Crippen LogP contribution in [0.3, 0.4) is 0 Å². The van der Waals surface area contributed by atoms with Gasteiger partial charge in [0.05, 0.1) is 10.5 Å². The molecular weight excluding hydrogens is 329 g/mol. The second-order valence-electron chi connectivity index (χ2n) is 5.14. The van der Waals surface area contributed by atoms with Crippen LogP contribution in [0.1, 0.15) is 42.1 Å². The molecule has 1 atom stereocenters. The summed E-state index contributed by atoms with van der Waals surface area (Å²) in [5, 5.41) is 3.36.